The number of carbonyl (C=O) groups excluding carboxylic acids is 3. The first-order chi connectivity index (χ1) is 14.2. The minimum Gasteiger partial charge on any atom is -0.462 e. The molecule has 10 heteroatoms. The van der Waals surface area contributed by atoms with Crippen LogP contribution in [0.4, 0.5) is 5.00 Å². The van der Waals surface area contributed by atoms with Gasteiger partial charge in [0, 0.05) is 17.1 Å². The number of ether oxygens (including phenoxy) is 1. The average molecular weight is 466 g/mol. The van der Waals surface area contributed by atoms with E-state index in [0.29, 0.717) is 21.5 Å². The van der Waals surface area contributed by atoms with Gasteiger partial charge in [0.15, 0.2) is 5.17 Å². The first kappa shape index (κ1) is 22.8. The Balaban J connectivity index is 1.57. The van der Waals surface area contributed by atoms with Crippen LogP contribution in [-0.2, 0) is 14.3 Å². The van der Waals surface area contributed by atoms with Crippen LogP contribution in [-0.4, -0.2) is 40.4 Å². The maximum atomic E-state index is 12.4. The summed E-state index contributed by atoms with van der Waals surface area (Å²) in [5.41, 5.74) is 2.24. The molecule has 2 aliphatic rings. The number of amidine groups is 1. The molecule has 2 amide bonds. The summed E-state index contributed by atoms with van der Waals surface area (Å²) in [6.07, 6.45) is 0.202. The molecule has 0 aromatic carbocycles. The van der Waals surface area contributed by atoms with Gasteiger partial charge in [0.05, 0.1) is 17.2 Å². The Morgan fingerprint density at radius 2 is 1.93 bits per heavy atom. The molecule has 1 unspecified atom stereocenters. The molecule has 160 valence electrons. The van der Waals surface area contributed by atoms with Crippen molar-refractivity contribution in [1.29, 1.82) is 0 Å². The van der Waals surface area contributed by atoms with Crippen LogP contribution in [0.2, 0.25) is 0 Å². The molecule has 2 aliphatic heterocycles. The van der Waals surface area contributed by atoms with Crippen molar-refractivity contribution >= 4 is 67.9 Å². The van der Waals surface area contributed by atoms with Crippen molar-refractivity contribution in [3.05, 3.63) is 26.5 Å². The number of carbonyl (C=O) groups is 3. The summed E-state index contributed by atoms with van der Waals surface area (Å²) in [5, 5.41) is 4.48. The lowest BCUT2D eigenvalue weighted by atomic mass is 10.0. The fourth-order valence-electron chi connectivity index (χ4n) is 2.99. The van der Waals surface area contributed by atoms with E-state index >= 15 is 0 Å². The molecular weight excluding hydrogens is 442 g/mol. The minimum atomic E-state index is -0.433. The van der Waals surface area contributed by atoms with Gasteiger partial charge in [0.25, 0.3) is 5.91 Å². The van der Waals surface area contributed by atoms with Crippen molar-refractivity contribution in [3.8, 4) is 0 Å². The first-order valence-electron chi connectivity index (χ1n) is 9.49. The van der Waals surface area contributed by atoms with Gasteiger partial charge in [-0.05, 0) is 50.7 Å². The van der Waals surface area contributed by atoms with Crippen LogP contribution >= 0.6 is 34.9 Å². The molecule has 1 atom stereocenters. The van der Waals surface area contributed by atoms with E-state index in [1.807, 2.05) is 27.7 Å². The molecule has 7 nitrogen and oxygen atoms in total. The number of nitrogens with one attached hydrogen (secondary N) is 1. The number of thioether (sulfide) groups is 2. The van der Waals surface area contributed by atoms with Gasteiger partial charge in [0.1, 0.15) is 10.9 Å². The molecule has 3 heterocycles. The van der Waals surface area contributed by atoms with Gasteiger partial charge in [-0.1, -0.05) is 23.5 Å². The molecule has 1 N–H and O–H groups in total. The van der Waals surface area contributed by atoms with E-state index in [2.05, 4.69) is 15.3 Å². The Morgan fingerprint density at radius 1 is 1.20 bits per heavy atom. The molecule has 0 spiro atoms. The third-order valence-electron chi connectivity index (χ3n) is 4.83. The zero-order valence-electron chi connectivity index (χ0n) is 17.5. The topological polar surface area (TPSA) is 97.2 Å². The number of aliphatic imine (C=N–C) groups is 2. The molecule has 0 fully saturated rings. The van der Waals surface area contributed by atoms with Crippen molar-refractivity contribution in [2.24, 2.45) is 15.9 Å². The summed E-state index contributed by atoms with van der Waals surface area (Å²) < 4.78 is 5.11. The van der Waals surface area contributed by atoms with Crippen LogP contribution in [0.3, 0.4) is 0 Å². The quantitative estimate of drug-likeness (QED) is 0.619. The summed E-state index contributed by atoms with van der Waals surface area (Å²) in [6, 6.07) is 0. The lowest BCUT2D eigenvalue weighted by Crippen LogP contribution is -2.24. The molecule has 0 saturated carbocycles. The largest absolute Gasteiger partial charge is 0.462 e. The molecule has 0 radical (unpaired) electrons. The number of fused-ring (bicyclic) bond motifs is 1. The number of thiophene rings is 1. The van der Waals surface area contributed by atoms with Crippen LogP contribution < -0.4 is 5.32 Å². The van der Waals surface area contributed by atoms with Crippen molar-refractivity contribution in [2.75, 3.05) is 17.7 Å². The highest BCUT2D eigenvalue weighted by molar-refractivity contribution is 8.18. The Labute approximate surface area is 187 Å². The SMILES string of the molecule is CCOC(=O)c1c(NC(=O)CCSC2=NC(=O)C3C(=N2)SC(C)=C3C)sc(C)c1C. The van der Waals surface area contributed by atoms with E-state index in [4.69, 9.17) is 4.74 Å². The zero-order valence-corrected chi connectivity index (χ0v) is 19.9. The Hall–Kier alpha value is -1.91. The summed E-state index contributed by atoms with van der Waals surface area (Å²) >= 11 is 4.15. The zero-order chi connectivity index (χ0) is 22.0. The molecule has 3 rings (SSSR count). The highest BCUT2D eigenvalue weighted by Gasteiger charge is 2.36. The van der Waals surface area contributed by atoms with Gasteiger partial charge in [-0.2, -0.15) is 4.99 Å². The first-order valence-corrected chi connectivity index (χ1v) is 12.1. The smallest absolute Gasteiger partial charge is 0.341 e. The third-order valence-corrected chi connectivity index (χ3v) is 7.97. The van der Waals surface area contributed by atoms with Gasteiger partial charge in [-0.25, -0.2) is 9.79 Å². The lowest BCUT2D eigenvalue weighted by molar-refractivity contribution is -0.119. The minimum absolute atomic E-state index is 0.197. The number of aryl methyl sites for hydroxylation is 1. The highest BCUT2D eigenvalue weighted by Crippen LogP contribution is 2.40. The van der Waals surface area contributed by atoms with Crippen LogP contribution in [0.5, 0.6) is 0 Å². The fraction of sp³-hybridized carbons (Fsp3) is 0.450. The molecule has 0 bridgehead atoms. The third kappa shape index (κ3) is 4.70. The number of amides is 2. The van der Waals surface area contributed by atoms with Gasteiger partial charge in [0.2, 0.25) is 5.91 Å². The Kier molecular flexibility index (Phi) is 7.20. The molecule has 1 aromatic heterocycles. The van der Waals surface area contributed by atoms with Crippen molar-refractivity contribution in [3.63, 3.8) is 0 Å². The van der Waals surface area contributed by atoms with Crippen molar-refractivity contribution in [2.45, 2.75) is 41.0 Å². The number of nitrogens with zero attached hydrogens (tertiary/aromatic N) is 2. The normalized spacial score (nSPS) is 18.2. The number of esters is 1. The fourth-order valence-corrected chi connectivity index (χ4v) is 6.02. The molecule has 0 aliphatic carbocycles. The Morgan fingerprint density at radius 3 is 2.63 bits per heavy atom. The van der Waals surface area contributed by atoms with Crippen molar-refractivity contribution in [1.82, 2.24) is 0 Å². The van der Waals surface area contributed by atoms with Gasteiger partial charge >= 0.3 is 5.97 Å². The van der Waals surface area contributed by atoms with Gasteiger partial charge in [-0.15, -0.1) is 11.3 Å². The highest BCUT2D eigenvalue weighted by atomic mass is 32.2. The van der Waals surface area contributed by atoms with Crippen LogP contribution in [0.15, 0.2) is 20.5 Å². The predicted octanol–water partition coefficient (Wildman–Crippen LogP) is 4.56. The molecule has 1 aromatic rings. The maximum Gasteiger partial charge on any atom is 0.341 e. The summed E-state index contributed by atoms with van der Waals surface area (Å²) in [6.45, 7) is 9.67. The van der Waals surface area contributed by atoms with E-state index < -0.39 is 5.97 Å². The van der Waals surface area contributed by atoms with Gasteiger partial charge < -0.3 is 10.1 Å². The monoisotopic (exact) mass is 465 g/mol. The van der Waals surface area contributed by atoms with Crippen LogP contribution in [0, 0.1) is 19.8 Å². The van der Waals surface area contributed by atoms with Crippen molar-refractivity contribution < 1.29 is 19.1 Å². The van der Waals surface area contributed by atoms with Crippen LogP contribution in [0.25, 0.3) is 0 Å². The van der Waals surface area contributed by atoms with Gasteiger partial charge in [-0.3, -0.25) is 9.59 Å². The molecule has 0 saturated heterocycles. The second-order valence-electron chi connectivity index (χ2n) is 6.81. The Bertz CT molecular complexity index is 1010. The van der Waals surface area contributed by atoms with E-state index in [-0.39, 0.29) is 30.8 Å². The van der Waals surface area contributed by atoms with E-state index in [9.17, 15) is 14.4 Å². The molecule has 30 heavy (non-hydrogen) atoms. The number of rotatable bonds is 6. The number of hydrogen-bond donors (Lipinski definition) is 1. The standard InChI is InChI=1S/C20H23N3O4S3/c1-6-27-19(26)15-10(3)12(5)30-18(15)21-13(24)7-8-28-20-22-16(25)14-9(2)11(4)29-17(14)23-20/h14H,6-8H2,1-5H3,(H,21,24). The number of anilines is 1. The second-order valence-corrected chi connectivity index (χ2v) is 10.3. The lowest BCUT2D eigenvalue weighted by Gasteiger charge is -2.14. The number of allylic oxidation sites excluding steroid dienone is 1. The summed E-state index contributed by atoms with van der Waals surface area (Å²) in [4.78, 5) is 47.6. The van der Waals surface area contributed by atoms with E-state index in [1.165, 1.54) is 34.9 Å². The second kappa shape index (κ2) is 9.49. The molecular formula is C20H23N3O4S3. The average Bonchev–Trinajstić information content (AvgIpc) is 3.11. The maximum absolute atomic E-state index is 12.4. The predicted molar refractivity (Wildman–Crippen MR) is 125 cm³/mol. The summed E-state index contributed by atoms with van der Waals surface area (Å²) in [5.74, 6) is -0.761. The summed E-state index contributed by atoms with van der Waals surface area (Å²) in [7, 11) is 0. The van der Waals surface area contributed by atoms with Crippen LogP contribution in [0.1, 0.15) is 48.0 Å². The number of hydrogen-bond acceptors (Lipinski definition) is 8. The van der Waals surface area contributed by atoms with E-state index in [1.54, 1.807) is 6.92 Å². The van der Waals surface area contributed by atoms with E-state index in [0.717, 1.165) is 26.0 Å².